The van der Waals surface area contributed by atoms with E-state index in [0.717, 1.165) is 0 Å². The predicted octanol–water partition coefficient (Wildman–Crippen LogP) is -3.89. The van der Waals surface area contributed by atoms with Gasteiger partial charge in [-0.3, -0.25) is 0 Å². The average Bonchev–Trinajstić information content (AvgIpc) is 2.19. The van der Waals surface area contributed by atoms with Crippen molar-refractivity contribution in [1.29, 1.82) is 0 Å². The topological polar surface area (TPSA) is 136 Å². The number of aliphatic hydroxyl groups excluding tert-OH is 5. The molecule has 1 fully saturated rings. The summed E-state index contributed by atoms with van der Waals surface area (Å²) >= 11 is 0. The molecule has 0 unspecified atom stereocenters. The van der Waals surface area contributed by atoms with Crippen LogP contribution in [-0.2, 0) is 4.74 Å². The standard InChI is InChI=1S/C7H15NO6/c8-2(1-9)6-4(11)3(10)5(12)7(13)14-6/h2-7,9-13H,1,8H2/t2-,3+,4-,5+,6-,7-/m1/s1. The summed E-state index contributed by atoms with van der Waals surface area (Å²) in [6.07, 6.45) is -7.27. The Morgan fingerprint density at radius 2 is 1.64 bits per heavy atom. The zero-order valence-corrected chi connectivity index (χ0v) is 7.39. The summed E-state index contributed by atoms with van der Waals surface area (Å²) in [4.78, 5) is 0. The van der Waals surface area contributed by atoms with E-state index in [1.54, 1.807) is 0 Å². The Balaban J connectivity index is 2.70. The van der Waals surface area contributed by atoms with E-state index in [4.69, 9.17) is 25.8 Å². The zero-order valence-electron chi connectivity index (χ0n) is 7.39. The summed E-state index contributed by atoms with van der Waals surface area (Å²) in [5.74, 6) is 0. The minimum Gasteiger partial charge on any atom is -0.395 e. The molecule has 14 heavy (non-hydrogen) atoms. The second kappa shape index (κ2) is 4.49. The van der Waals surface area contributed by atoms with Crippen molar-refractivity contribution < 1.29 is 30.3 Å². The number of rotatable bonds is 2. The highest BCUT2D eigenvalue weighted by Crippen LogP contribution is 2.21. The van der Waals surface area contributed by atoms with E-state index in [9.17, 15) is 10.2 Å². The fourth-order valence-corrected chi connectivity index (χ4v) is 1.35. The Kier molecular flexibility index (Phi) is 3.78. The van der Waals surface area contributed by atoms with E-state index >= 15 is 0 Å². The molecular formula is C7H15NO6. The van der Waals surface area contributed by atoms with Gasteiger partial charge in [0.25, 0.3) is 0 Å². The van der Waals surface area contributed by atoms with Crippen LogP contribution in [0.1, 0.15) is 0 Å². The van der Waals surface area contributed by atoms with Crippen molar-refractivity contribution >= 4 is 0 Å². The maximum absolute atomic E-state index is 9.39. The molecule has 1 aliphatic heterocycles. The minimum atomic E-state index is -1.61. The molecule has 0 bridgehead atoms. The van der Waals surface area contributed by atoms with Gasteiger partial charge in [-0.05, 0) is 0 Å². The van der Waals surface area contributed by atoms with Crippen LogP contribution >= 0.6 is 0 Å². The lowest BCUT2D eigenvalue weighted by molar-refractivity contribution is -0.286. The van der Waals surface area contributed by atoms with Crippen molar-refractivity contribution in [3.05, 3.63) is 0 Å². The van der Waals surface area contributed by atoms with E-state index in [1.165, 1.54) is 0 Å². The molecule has 0 spiro atoms. The van der Waals surface area contributed by atoms with E-state index < -0.39 is 43.4 Å². The average molecular weight is 209 g/mol. The molecule has 0 aromatic heterocycles. The Morgan fingerprint density at radius 3 is 2.14 bits per heavy atom. The van der Waals surface area contributed by atoms with E-state index in [0.29, 0.717) is 0 Å². The molecule has 0 amide bonds. The normalized spacial score (nSPS) is 46.3. The maximum atomic E-state index is 9.39. The van der Waals surface area contributed by atoms with Gasteiger partial charge in [0.2, 0.25) is 0 Å². The Labute approximate surface area is 80.3 Å². The highest BCUT2D eigenvalue weighted by molar-refractivity contribution is 4.92. The summed E-state index contributed by atoms with van der Waals surface area (Å²) in [6.45, 7) is -0.461. The number of ether oxygens (including phenoxy) is 1. The summed E-state index contributed by atoms with van der Waals surface area (Å²) in [5.41, 5.74) is 5.37. The maximum Gasteiger partial charge on any atom is 0.184 e. The quantitative estimate of drug-likeness (QED) is 0.273. The first-order valence-electron chi connectivity index (χ1n) is 4.23. The number of aliphatic hydroxyl groups is 5. The van der Waals surface area contributed by atoms with Gasteiger partial charge in [0.15, 0.2) is 6.29 Å². The van der Waals surface area contributed by atoms with Gasteiger partial charge >= 0.3 is 0 Å². The fraction of sp³-hybridized carbons (Fsp3) is 1.00. The van der Waals surface area contributed by atoms with Gasteiger partial charge in [0.1, 0.15) is 24.4 Å². The van der Waals surface area contributed by atoms with Crippen LogP contribution in [0.5, 0.6) is 0 Å². The molecule has 1 saturated heterocycles. The van der Waals surface area contributed by atoms with Gasteiger partial charge in [0, 0.05) is 0 Å². The zero-order chi connectivity index (χ0) is 10.9. The highest BCUT2D eigenvalue weighted by atomic mass is 16.6. The molecular weight excluding hydrogens is 194 g/mol. The number of hydrogen-bond donors (Lipinski definition) is 6. The van der Waals surface area contributed by atoms with Gasteiger partial charge in [-0.2, -0.15) is 0 Å². The molecule has 7 heteroatoms. The summed E-state index contributed by atoms with van der Waals surface area (Å²) in [6, 6.07) is -0.929. The molecule has 84 valence electrons. The lowest BCUT2D eigenvalue weighted by Gasteiger charge is -2.40. The summed E-state index contributed by atoms with van der Waals surface area (Å²) in [7, 11) is 0. The van der Waals surface area contributed by atoms with Crippen molar-refractivity contribution in [3.63, 3.8) is 0 Å². The first-order chi connectivity index (χ1) is 6.49. The molecule has 1 heterocycles. The lowest BCUT2D eigenvalue weighted by Crippen LogP contribution is -2.62. The SMILES string of the molecule is N[C@H](CO)[C@H]1O[C@@H](O)[C@@H](O)[C@@H](O)[C@H]1O. The van der Waals surface area contributed by atoms with Crippen molar-refractivity contribution in [2.45, 2.75) is 36.7 Å². The third-order valence-corrected chi connectivity index (χ3v) is 2.26. The monoisotopic (exact) mass is 209 g/mol. The first kappa shape index (κ1) is 11.8. The molecule has 0 saturated carbocycles. The second-order valence-electron chi connectivity index (χ2n) is 3.31. The minimum absolute atomic E-state index is 0.461. The number of hydrogen-bond acceptors (Lipinski definition) is 7. The predicted molar refractivity (Wildman–Crippen MR) is 44.0 cm³/mol. The summed E-state index contributed by atoms with van der Waals surface area (Å²) < 4.78 is 4.74. The Bertz CT molecular complexity index is 191. The lowest BCUT2D eigenvalue weighted by atomic mass is 9.95. The molecule has 6 atom stereocenters. The highest BCUT2D eigenvalue weighted by Gasteiger charge is 2.44. The Morgan fingerprint density at radius 1 is 1.07 bits per heavy atom. The van der Waals surface area contributed by atoms with Crippen LogP contribution in [0, 0.1) is 0 Å². The fourth-order valence-electron chi connectivity index (χ4n) is 1.35. The van der Waals surface area contributed by atoms with Crippen LogP contribution in [0.3, 0.4) is 0 Å². The van der Waals surface area contributed by atoms with Crippen LogP contribution in [0.4, 0.5) is 0 Å². The van der Waals surface area contributed by atoms with Crippen molar-refractivity contribution in [1.82, 2.24) is 0 Å². The van der Waals surface area contributed by atoms with Crippen molar-refractivity contribution in [2.75, 3.05) is 6.61 Å². The largest absolute Gasteiger partial charge is 0.395 e. The van der Waals surface area contributed by atoms with E-state index in [-0.39, 0.29) is 0 Å². The van der Waals surface area contributed by atoms with Crippen LogP contribution in [0.2, 0.25) is 0 Å². The van der Waals surface area contributed by atoms with E-state index in [1.807, 2.05) is 0 Å². The molecule has 0 aliphatic carbocycles. The van der Waals surface area contributed by atoms with E-state index in [2.05, 4.69) is 0 Å². The van der Waals surface area contributed by atoms with Crippen LogP contribution in [0.25, 0.3) is 0 Å². The third-order valence-electron chi connectivity index (χ3n) is 2.26. The second-order valence-corrected chi connectivity index (χ2v) is 3.31. The molecule has 0 aromatic rings. The molecule has 0 aromatic carbocycles. The van der Waals surface area contributed by atoms with Gasteiger partial charge in [-0.15, -0.1) is 0 Å². The molecule has 1 rings (SSSR count). The van der Waals surface area contributed by atoms with Crippen LogP contribution < -0.4 is 5.73 Å². The van der Waals surface area contributed by atoms with Gasteiger partial charge in [-0.1, -0.05) is 0 Å². The number of nitrogens with two attached hydrogens (primary N) is 1. The van der Waals surface area contributed by atoms with Gasteiger partial charge in [-0.25, -0.2) is 0 Å². The van der Waals surface area contributed by atoms with Crippen molar-refractivity contribution in [2.24, 2.45) is 5.73 Å². The molecule has 1 aliphatic rings. The molecule has 0 radical (unpaired) electrons. The first-order valence-corrected chi connectivity index (χ1v) is 4.23. The smallest absolute Gasteiger partial charge is 0.184 e. The molecule has 7 nitrogen and oxygen atoms in total. The van der Waals surface area contributed by atoms with Crippen LogP contribution in [0.15, 0.2) is 0 Å². The third kappa shape index (κ3) is 2.04. The van der Waals surface area contributed by atoms with Gasteiger partial charge in [0.05, 0.1) is 12.6 Å². The molecule has 7 N–H and O–H groups in total. The Hall–Kier alpha value is -0.280. The van der Waals surface area contributed by atoms with Gasteiger partial charge < -0.3 is 36.0 Å². The van der Waals surface area contributed by atoms with Crippen LogP contribution in [-0.4, -0.2) is 68.9 Å². The van der Waals surface area contributed by atoms with Crippen molar-refractivity contribution in [3.8, 4) is 0 Å². The summed E-state index contributed by atoms with van der Waals surface area (Å²) in [5, 5.41) is 45.5.